The van der Waals surface area contributed by atoms with Gasteiger partial charge in [0.05, 0.1) is 0 Å². The van der Waals surface area contributed by atoms with Crippen LogP contribution in [-0.2, 0) is 4.43 Å². The van der Waals surface area contributed by atoms with Crippen molar-refractivity contribution in [2.45, 2.75) is 58.7 Å². The molecule has 0 heterocycles. The first-order valence-corrected chi connectivity index (χ1v) is 8.64. The van der Waals surface area contributed by atoms with Crippen LogP contribution in [0.5, 0.6) is 0 Å². The minimum atomic E-state index is -1.58. The van der Waals surface area contributed by atoms with Gasteiger partial charge in [-0.2, -0.15) is 0 Å². The fraction of sp³-hybridized carbons (Fsp3) is 1.00. The average molecular weight is 217 g/mol. The van der Waals surface area contributed by atoms with E-state index >= 15 is 0 Å². The number of nitrogens with zero attached hydrogens (tertiary/aromatic N) is 1. The van der Waals surface area contributed by atoms with E-state index in [0.29, 0.717) is 6.10 Å². The molecule has 0 radical (unpaired) electrons. The summed E-state index contributed by atoms with van der Waals surface area (Å²) in [5, 5.41) is 0. The van der Waals surface area contributed by atoms with Crippen LogP contribution in [0.2, 0.25) is 13.1 Å². The van der Waals surface area contributed by atoms with Gasteiger partial charge in [0.2, 0.25) is 0 Å². The Kier molecular flexibility index (Phi) is 6.65. The predicted molar refractivity (Wildman–Crippen MR) is 65.9 cm³/mol. The Morgan fingerprint density at radius 1 is 1.07 bits per heavy atom. The maximum atomic E-state index is 6.24. The summed E-state index contributed by atoms with van der Waals surface area (Å²) in [7, 11) is 2.67. The second-order valence-corrected chi connectivity index (χ2v) is 8.68. The molecule has 0 bridgehead atoms. The minimum Gasteiger partial charge on any atom is -0.400 e. The van der Waals surface area contributed by atoms with Gasteiger partial charge in [0.15, 0.2) is 0 Å². The first-order chi connectivity index (χ1) is 6.44. The van der Waals surface area contributed by atoms with Gasteiger partial charge in [0, 0.05) is 6.10 Å². The van der Waals surface area contributed by atoms with Gasteiger partial charge in [-0.3, -0.25) is 0 Å². The molecule has 0 aromatic heterocycles. The minimum absolute atomic E-state index is 0.481. The zero-order valence-electron chi connectivity index (χ0n) is 10.8. The van der Waals surface area contributed by atoms with Crippen molar-refractivity contribution in [3.05, 3.63) is 0 Å². The van der Waals surface area contributed by atoms with E-state index in [1.165, 1.54) is 25.7 Å². The average Bonchev–Trinajstić information content (AvgIpc) is 2.04. The highest BCUT2D eigenvalue weighted by atomic mass is 28.4. The van der Waals surface area contributed by atoms with Crippen LogP contribution in [0.15, 0.2) is 0 Å². The molecule has 0 amide bonds. The van der Waals surface area contributed by atoms with E-state index in [4.69, 9.17) is 4.43 Å². The van der Waals surface area contributed by atoms with E-state index in [1.807, 2.05) is 0 Å². The lowest BCUT2D eigenvalue weighted by Crippen LogP contribution is -2.49. The predicted octanol–water partition coefficient (Wildman–Crippen LogP) is 3.24. The summed E-state index contributed by atoms with van der Waals surface area (Å²) >= 11 is 0. The molecule has 14 heavy (non-hydrogen) atoms. The summed E-state index contributed by atoms with van der Waals surface area (Å²) < 4.78 is 8.51. The van der Waals surface area contributed by atoms with Gasteiger partial charge >= 0.3 is 0 Å². The maximum absolute atomic E-state index is 6.24. The SMILES string of the molecule is CCCC(CCC)O[Si](C)(C)N(C)C. The van der Waals surface area contributed by atoms with Crippen molar-refractivity contribution in [2.24, 2.45) is 0 Å². The highest BCUT2D eigenvalue weighted by Crippen LogP contribution is 2.17. The van der Waals surface area contributed by atoms with E-state index < -0.39 is 8.48 Å². The van der Waals surface area contributed by atoms with Crippen molar-refractivity contribution in [3.8, 4) is 0 Å². The van der Waals surface area contributed by atoms with Gasteiger partial charge in [0.1, 0.15) is 0 Å². The van der Waals surface area contributed by atoms with Gasteiger partial charge in [-0.25, -0.2) is 0 Å². The Hall–Kier alpha value is 0.137. The van der Waals surface area contributed by atoms with Crippen LogP contribution in [-0.4, -0.2) is 33.2 Å². The first-order valence-electron chi connectivity index (χ1n) is 5.79. The Morgan fingerprint density at radius 2 is 1.50 bits per heavy atom. The monoisotopic (exact) mass is 217 g/mol. The summed E-state index contributed by atoms with van der Waals surface area (Å²) in [4.78, 5) is 0. The van der Waals surface area contributed by atoms with Gasteiger partial charge < -0.3 is 8.99 Å². The molecule has 2 nitrogen and oxygen atoms in total. The highest BCUT2D eigenvalue weighted by molar-refractivity contribution is 6.68. The van der Waals surface area contributed by atoms with E-state index in [0.717, 1.165) is 0 Å². The Labute approximate surface area is 90.8 Å². The maximum Gasteiger partial charge on any atom is 0.265 e. The van der Waals surface area contributed by atoms with Crippen molar-refractivity contribution in [1.82, 2.24) is 4.57 Å². The molecule has 0 aromatic rings. The second-order valence-electron chi connectivity index (χ2n) is 4.66. The van der Waals surface area contributed by atoms with Crippen LogP contribution in [0.1, 0.15) is 39.5 Å². The van der Waals surface area contributed by atoms with E-state index in [2.05, 4.69) is 45.6 Å². The molecule has 0 saturated heterocycles. The van der Waals surface area contributed by atoms with Crippen LogP contribution in [0.4, 0.5) is 0 Å². The normalized spacial score (nSPS) is 12.9. The molecule has 0 aliphatic rings. The lowest BCUT2D eigenvalue weighted by atomic mass is 10.1. The Balaban J connectivity index is 4.12. The van der Waals surface area contributed by atoms with Gasteiger partial charge in [-0.1, -0.05) is 26.7 Å². The quantitative estimate of drug-likeness (QED) is 0.607. The van der Waals surface area contributed by atoms with Crippen LogP contribution in [0.3, 0.4) is 0 Å². The third-order valence-electron chi connectivity index (χ3n) is 2.75. The molecular formula is C11H27NOSi. The third kappa shape index (κ3) is 5.13. The molecule has 0 aliphatic carbocycles. The van der Waals surface area contributed by atoms with E-state index in [-0.39, 0.29) is 0 Å². The molecular weight excluding hydrogens is 190 g/mol. The van der Waals surface area contributed by atoms with Crippen LogP contribution in [0, 0.1) is 0 Å². The number of hydrogen-bond donors (Lipinski definition) is 0. The van der Waals surface area contributed by atoms with E-state index in [9.17, 15) is 0 Å². The molecule has 0 atom stereocenters. The largest absolute Gasteiger partial charge is 0.400 e. The molecule has 0 aliphatic heterocycles. The van der Waals surface area contributed by atoms with Crippen molar-refractivity contribution in [1.29, 1.82) is 0 Å². The molecule has 0 saturated carbocycles. The topological polar surface area (TPSA) is 12.5 Å². The Morgan fingerprint density at radius 3 is 1.79 bits per heavy atom. The molecule has 0 fully saturated rings. The van der Waals surface area contributed by atoms with Gasteiger partial charge in [-0.05, 0) is 40.0 Å². The summed E-state index contributed by atoms with van der Waals surface area (Å²) in [6.07, 6.45) is 5.34. The standard InChI is InChI=1S/C11H27NOSi/c1-7-9-11(10-8-2)13-14(5,6)12(3)4/h11H,7-10H2,1-6H3. The van der Waals surface area contributed by atoms with Crippen molar-refractivity contribution in [2.75, 3.05) is 14.1 Å². The van der Waals surface area contributed by atoms with Crippen LogP contribution in [0.25, 0.3) is 0 Å². The molecule has 86 valence electrons. The fourth-order valence-corrected chi connectivity index (χ4v) is 2.68. The lowest BCUT2D eigenvalue weighted by molar-refractivity contribution is 0.149. The van der Waals surface area contributed by atoms with Gasteiger partial charge in [0.25, 0.3) is 8.48 Å². The molecule has 0 spiro atoms. The molecule has 3 heteroatoms. The summed E-state index contributed by atoms with van der Waals surface area (Å²) in [5.74, 6) is 0. The Bertz CT molecular complexity index is 142. The van der Waals surface area contributed by atoms with Crippen molar-refractivity contribution < 1.29 is 4.43 Å². The number of hydrogen-bond acceptors (Lipinski definition) is 2. The van der Waals surface area contributed by atoms with Crippen LogP contribution < -0.4 is 0 Å². The van der Waals surface area contributed by atoms with Crippen molar-refractivity contribution in [3.63, 3.8) is 0 Å². The summed E-state index contributed by atoms with van der Waals surface area (Å²) in [6, 6.07) is 0. The smallest absolute Gasteiger partial charge is 0.265 e. The molecule has 0 aromatic carbocycles. The summed E-state index contributed by atoms with van der Waals surface area (Å²) in [5.41, 5.74) is 0. The lowest BCUT2D eigenvalue weighted by Gasteiger charge is -2.34. The molecule has 0 unspecified atom stereocenters. The molecule has 0 N–H and O–H groups in total. The first kappa shape index (κ1) is 14.1. The molecule has 0 rings (SSSR count). The zero-order valence-corrected chi connectivity index (χ0v) is 11.8. The van der Waals surface area contributed by atoms with Crippen LogP contribution >= 0.6 is 0 Å². The fourth-order valence-electron chi connectivity index (χ4n) is 1.42. The second kappa shape index (κ2) is 6.59. The van der Waals surface area contributed by atoms with Crippen molar-refractivity contribution >= 4 is 8.48 Å². The highest BCUT2D eigenvalue weighted by Gasteiger charge is 2.28. The van der Waals surface area contributed by atoms with E-state index in [1.54, 1.807) is 0 Å². The summed E-state index contributed by atoms with van der Waals surface area (Å²) in [6.45, 7) is 9.00. The zero-order chi connectivity index (χ0) is 11.2. The third-order valence-corrected chi connectivity index (χ3v) is 5.82. The van der Waals surface area contributed by atoms with Gasteiger partial charge in [-0.15, -0.1) is 0 Å². The number of rotatable bonds is 7.